The Balaban J connectivity index is 1.91. The molecule has 21 heavy (non-hydrogen) atoms. The smallest absolute Gasteiger partial charge is 0.0762 e. The summed E-state index contributed by atoms with van der Waals surface area (Å²) in [5, 5.41) is 12.7. The maximum Gasteiger partial charge on any atom is 0.0762 e. The summed E-state index contributed by atoms with van der Waals surface area (Å²) in [6.07, 6.45) is -0.498. The molecule has 0 heterocycles. The molecule has 3 aromatic carbocycles. The highest BCUT2D eigenvalue weighted by Crippen LogP contribution is 2.35. The standard InChI is InChI=1S/C18H15ClOS/c1-12(20)14-7-9-18(17(19)11-14)21-16-8-6-13-4-2-3-5-15(13)10-16/h2-12,20H,1H3/t12-/m0/s1. The van der Waals surface area contributed by atoms with Gasteiger partial charge in [-0.25, -0.2) is 0 Å². The molecule has 0 aliphatic carbocycles. The topological polar surface area (TPSA) is 20.2 Å². The summed E-state index contributed by atoms with van der Waals surface area (Å²) in [5.41, 5.74) is 0.836. The Labute approximate surface area is 133 Å². The normalized spacial score (nSPS) is 12.5. The van der Waals surface area contributed by atoms with Crippen LogP contribution in [0.4, 0.5) is 0 Å². The van der Waals surface area contributed by atoms with E-state index in [0.29, 0.717) is 5.02 Å². The Hall–Kier alpha value is -1.48. The Bertz CT molecular complexity index is 783. The largest absolute Gasteiger partial charge is 0.389 e. The van der Waals surface area contributed by atoms with E-state index in [1.807, 2.05) is 30.3 Å². The minimum absolute atomic E-state index is 0.498. The van der Waals surface area contributed by atoms with E-state index in [1.54, 1.807) is 18.7 Å². The minimum atomic E-state index is -0.498. The Morgan fingerprint density at radius 3 is 2.43 bits per heavy atom. The van der Waals surface area contributed by atoms with Crippen LogP contribution in [-0.2, 0) is 0 Å². The van der Waals surface area contributed by atoms with Crippen LogP contribution in [0.5, 0.6) is 0 Å². The third-order valence-corrected chi connectivity index (χ3v) is 4.88. The van der Waals surface area contributed by atoms with E-state index in [9.17, 15) is 5.11 Å². The van der Waals surface area contributed by atoms with Gasteiger partial charge < -0.3 is 5.11 Å². The fraction of sp³-hybridized carbons (Fsp3) is 0.111. The van der Waals surface area contributed by atoms with Gasteiger partial charge in [0.2, 0.25) is 0 Å². The predicted octanol–water partition coefficient (Wildman–Crippen LogP) is 5.70. The van der Waals surface area contributed by atoms with Crippen LogP contribution in [0.3, 0.4) is 0 Å². The van der Waals surface area contributed by atoms with Gasteiger partial charge in [-0.2, -0.15) is 0 Å². The Morgan fingerprint density at radius 2 is 1.71 bits per heavy atom. The minimum Gasteiger partial charge on any atom is -0.389 e. The first-order valence-corrected chi connectivity index (χ1v) is 7.97. The molecule has 0 amide bonds. The van der Waals surface area contributed by atoms with E-state index in [0.717, 1.165) is 15.4 Å². The fourth-order valence-corrected chi connectivity index (χ4v) is 3.39. The third-order valence-electron chi connectivity index (χ3n) is 3.39. The van der Waals surface area contributed by atoms with Crippen molar-refractivity contribution in [2.75, 3.05) is 0 Å². The zero-order chi connectivity index (χ0) is 14.8. The molecule has 1 N–H and O–H groups in total. The summed E-state index contributed by atoms with van der Waals surface area (Å²) >= 11 is 7.95. The molecule has 3 rings (SSSR count). The molecular formula is C18H15ClOS. The quantitative estimate of drug-likeness (QED) is 0.669. The zero-order valence-electron chi connectivity index (χ0n) is 11.6. The van der Waals surface area contributed by atoms with Gasteiger partial charge in [-0.05, 0) is 47.5 Å². The number of hydrogen-bond donors (Lipinski definition) is 1. The maximum atomic E-state index is 9.58. The van der Waals surface area contributed by atoms with Crippen molar-refractivity contribution in [3.05, 3.63) is 71.2 Å². The molecule has 0 saturated heterocycles. The van der Waals surface area contributed by atoms with E-state index < -0.39 is 6.10 Å². The van der Waals surface area contributed by atoms with Gasteiger partial charge in [0.1, 0.15) is 0 Å². The average Bonchev–Trinajstić information content (AvgIpc) is 2.49. The van der Waals surface area contributed by atoms with Crippen LogP contribution in [0, 0.1) is 0 Å². The molecule has 3 aromatic rings. The number of rotatable bonds is 3. The summed E-state index contributed by atoms with van der Waals surface area (Å²) in [6.45, 7) is 1.74. The van der Waals surface area contributed by atoms with E-state index in [2.05, 4.69) is 30.3 Å². The molecule has 0 fully saturated rings. The summed E-state index contributed by atoms with van der Waals surface area (Å²) in [5.74, 6) is 0. The van der Waals surface area contributed by atoms with Crippen molar-refractivity contribution < 1.29 is 5.11 Å². The lowest BCUT2D eigenvalue weighted by molar-refractivity contribution is 0.199. The van der Waals surface area contributed by atoms with Gasteiger partial charge in [-0.1, -0.05) is 59.8 Å². The number of halogens is 1. The number of aliphatic hydroxyl groups is 1. The van der Waals surface area contributed by atoms with Gasteiger partial charge in [0.15, 0.2) is 0 Å². The van der Waals surface area contributed by atoms with Crippen molar-refractivity contribution in [3.63, 3.8) is 0 Å². The first kappa shape index (κ1) is 14.5. The van der Waals surface area contributed by atoms with Crippen LogP contribution >= 0.6 is 23.4 Å². The van der Waals surface area contributed by atoms with E-state index >= 15 is 0 Å². The second kappa shape index (κ2) is 6.10. The van der Waals surface area contributed by atoms with Crippen LogP contribution in [0.1, 0.15) is 18.6 Å². The van der Waals surface area contributed by atoms with E-state index in [4.69, 9.17) is 11.6 Å². The Kier molecular flexibility index (Phi) is 4.20. The van der Waals surface area contributed by atoms with Gasteiger partial charge in [-0.15, -0.1) is 0 Å². The van der Waals surface area contributed by atoms with E-state index in [-0.39, 0.29) is 0 Å². The molecule has 106 valence electrons. The fourth-order valence-electron chi connectivity index (χ4n) is 2.22. The monoisotopic (exact) mass is 314 g/mol. The number of aliphatic hydroxyl groups excluding tert-OH is 1. The zero-order valence-corrected chi connectivity index (χ0v) is 13.2. The van der Waals surface area contributed by atoms with Crippen molar-refractivity contribution >= 4 is 34.1 Å². The molecule has 0 aromatic heterocycles. The van der Waals surface area contributed by atoms with Crippen molar-refractivity contribution in [3.8, 4) is 0 Å². The molecule has 0 radical (unpaired) electrons. The van der Waals surface area contributed by atoms with Gasteiger partial charge in [0.25, 0.3) is 0 Å². The number of benzene rings is 3. The average molecular weight is 315 g/mol. The van der Waals surface area contributed by atoms with Gasteiger partial charge in [0, 0.05) is 9.79 Å². The molecule has 0 saturated carbocycles. The molecule has 1 atom stereocenters. The summed E-state index contributed by atoms with van der Waals surface area (Å²) in [6, 6.07) is 20.4. The van der Waals surface area contributed by atoms with Gasteiger partial charge in [0.05, 0.1) is 11.1 Å². The lowest BCUT2D eigenvalue weighted by atomic mass is 10.1. The Morgan fingerprint density at radius 1 is 0.952 bits per heavy atom. The summed E-state index contributed by atoms with van der Waals surface area (Å²) in [7, 11) is 0. The van der Waals surface area contributed by atoms with Gasteiger partial charge >= 0.3 is 0 Å². The molecule has 0 spiro atoms. The lowest BCUT2D eigenvalue weighted by Gasteiger charge is -2.09. The second-order valence-corrected chi connectivity index (χ2v) is 6.50. The summed E-state index contributed by atoms with van der Waals surface area (Å²) < 4.78 is 0. The molecule has 1 nitrogen and oxygen atoms in total. The van der Waals surface area contributed by atoms with Crippen LogP contribution in [0.15, 0.2) is 70.5 Å². The van der Waals surface area contributed by atoms with Crippen LogP contribution in [-0.4, -0.2) is 5.11 Å². The lowest BCUT2D eigenvalue weighted by Crippen LogP contribution is -1.90. The third kappa shape index (κ3) is 3.24. The van der Waals surface area contributed by atoms with Crippen LogP contribution in [0.25, 0.3) is 10.8 Å². The van der Waals surface area contributed by atoms with Gasteiger partial charge in [-0.3, -0.25) is 0 Å². The predicted molar refractivity (Wildman–Crippen MR) is 90.2 cm³/mol. The van der Waals surface area contributed by atoms with Crippen molar-refractivity contribution in [2.45, 2.75) is 22.8 Å². The van der Waals surface area contributed by atoms with Crippen LogP contribution in [0.2, 0.25) is 5.02 Å². The highest BCUT2D eigenvalue weighted by atomic mass is 35.5. The molecule has 0 unspecified atom stereocenters. The number of fused-ring (bicyclic) bond motifs is 1. The second-order valence-electron chi connectivity index (χ2n) is 4.98. The molecule has 0 aliphatic heterocycles. The van der Waals surface area contributed by atoms with Crippen molar-refractivity contribution in [1.82, 2.24) is 0 Å². The highest BCUT2D eigenvalue weighted by Gasteiger charge is 2.07. The molecule has 3 heteroatoms. The van der Waals surface area contributed by atoms with Crippen molar-refractivity contribution in [1.29, 1.82) is 0 Å². The molecule has 0 aliphatic rings. The molecular weight excluding hydrogens is 300 g/mol. The highest BCUT2D eigenvalue weighted by molar-refractivity contribution is 7.99. The first-order chi connectivity index (χ1) is 10.1. The maximum absolute atomic E-state index is 9.58. The van der Waals surface area contributed by atoms with Crippen LogP contribution < -0.4 is 0 Å². The van der Waals surface area contributed by atoms with E-state index in [1.165, 1.54) is 10.8 Å². The van der Waals surface area contributed by atoms with Crippen molar-refractivity contribution in [2.24, 2.45) is 0 Å². The molecule has 0 bridgehead atoms. The SMILES string of the molecule is C[C@H](O)c1ccc(Sc2ccc3ccccc3c2)c(Cl)c1. The summed E-state index contributed by atoms with van der Waals surface area (Å²) in [4.78, 5) is 2.15. The first-order valence-electron chi connectivity index (χ1n) is 6.77. The number of hydrogen-bond acceptors (Lipinski definition) is 2.